The lowest BCUT2D eigenvalue weighted by Crippen LogP contribution is -2.31. The molecule has 0 bridgehead atoms. The zero-order valence-corrected chi connectivity index (χ0v) is 8.42. The minimum absolute atomic E-state index is 0. The molecule has 0 aromatic carbocycles. The van der Waals surface area contributed by atoms with Crippen LogP contribution in [0.1, 0.15) is 19.8 Å². The molecule has 68 valence electrons. The maximum atomic E-state index is 8.98. The van der Waals surface area contributed by atoms with Crippen molar-refractivity contribution >= 4 is 28.8 Å². The number of hydrogen-bond donors (Lipinski definition) is 3. The van der Waals surface area contributed by atoms with Gasteiger partial charge in [0.1, 0.15) is 0 Å². The van der Waals surface area contributed by atoms with Crippen LogP contribution < -0.4 is 5.32 Å². The second-order valence-electron chi connectivity index (χ2n) is 2.68. The Hall–Kier alpha value is 0.430. The first-order valence-corrected chi connectivity index (χ1v) is 4.69. The van der Waals surface area contributed by atoms with Gasteiger partial charge < -0.3 is 10.4 Å². The van der Waals surface area contributed by atoms with Gasteiger partial charge in [-0.3, -0.25) is 0 Å². The molecule has 0 amide bonds. The highest BCUT2D eigenvalue weighted by molar-refractivity contribution is 7.99. The third-order valence-corrected chi connectivity index (χ3v) is 2.82. The lowest BCUT2D eigenvalue weighted by Gasteiger charge is -2.19. The van der Waals surface area contributed by atoms with E-state index in [1.165, 1.54) is 12.8 Å². The normalized spacial score (nSPS) is 26.7. The molecular formula is C7H16ClNOS. The first-order chi connectivity index (χ1) is 4.79. The summed E-state index contributed by atoms with van der Waals surface area (Å²) in [5.41, 5.74) is 0. The van der Waals surface area contributed by atoms with Crippen LogP contribution in [0.25, 0.3) is 0 Å². The van der Waals surface area contributed by atoms with Crippen LogP contribution in [-0.4, -0.2) is 28.5 Å². The van der Waals surface area contributed by atoms with Crippen molar-refractivity contribution in [3.8, 4) is 0 Å². The van der Waals surface area contributed by atoms with E-state index in [0.717, 1.165) is 24.4 Å². The summed E-state index contributed by atoms with van der Waals surface area (Å²) in [6.45, 7) is 3.99. The molecule has 0 unspecified atom stereocenters. The van der Waals surface area contributed by atoms with Gasteiger partial charge in [-0.2, -0.15) is 11.4 Å². The Labute approximate surface area is 77.7 Å². The molecule has 4 heteroatoms. The van der Waals surface area contributed by atoms with Gasteiger partial charge in [0.25, 0.3) is 0 Å². The van der Waals surface area contributed by atoms with Gasteiger partial charge in [0.15, 0.2) is 0 Å². The zero-order chi connectivity index (χ0) is 7.40. The Morgan fingerprint density at radius 1 is 1.64 bits per heavy atom. The van der Waals surface area contributed by atoms with Crippen LogP contribution in [0, 0.1) is 0 Å². The van der Waals surface area contributed by atoms with Crippen molar-refractivity contribution in [3.63, 3.8) is 0 Å². The fraction of sp³-hybridized carbons (Fsp3) is 0.857. The molecule has 0 aliphatic carbocycles. The maximum absolute atomic E-state index is 8.98. The van der Waals surface area contributed by atoms with E-state index in [4.69, 9.17) is 5.11 Å². The molecule has 2 nitrogen and oxygen atoms in total. The highest BCUT2D eigenvalue weighted by Crippen LogP contribution is 2.12. The lowest BCUT2D eigenvalue weighted by molar-refractivity contribution is 0.530. The summed E-state index contributed by atoms with van der Waals surface area (Å²) in [6.07, 6.45) is 2.51. The van der Waals surface area contributed by atoms with E-state index in [1.54, 1.807) is 6.92 Å². The van der Waals surface area contributed by atoms with Gasteiger partial charge in [0, 0.05) is 11.8 Å². The molecule has 0 spiro atoms. The number of aliphatic hydroxyl groups excluding tert-OH is 1. The van der Waals surface area contributed by atoms with E-state index in [2.05, 4.69) is 5.32 Å². The van der Waals surface area contributed by atoms with Gasteiger partial charge >= 0.3 is 0 Å². The second-order valence-corrected chi connectivity index (χ2v) is 4.31. The summed E-state index contributed by atoms with van der Waals surface area (Å²) >= 11 is 1.12. The van der Waals surface area contributed by atoms with E-state index < -0.39 is 0 Å². The van der Waals surface area contributed by atoms with Crippen molar-refractivity contribution in [2.45, 2.75) is 25.0 Å². The number of thiol groups is 1. The fourth-order valence-electron chi connectivity index (χ4n) is 1.21. The van der Waals surface area contributed by atoms with Crippen molar-refractivity contribution in [3.05, 3.63) is 0 Å². The third kappa shape index (κ3) is 4.80. The molecule has 0 aromatic heterocycles. The highest BCUT2D eigenvalue weighted by Gasteiger charge is 2.08. The zero-order valence-electron chi connectivity index (χ0n) is 6.71. The van der Waals surface area contributed by atoms with E-state index in [0.29, 0.717) is 10.3 Å². The quantitative estimate of drug-likeness (QED) is 0.438. The SMILES string of the molecule is CC(O)=[SH][C@@H]1CCCNC1.Cl. The van der Waals surface area contributed by atoms with E-state index in [-0.39, 0.29) is 12.4 Å². The topological polar surface area (TPSA) is 32.3 Å². The van der Waals surface area contributed by atoms with Crippen molar-refractivity contribution in [2.75, 3.05) is 13.1 Å². The Bertz CT molecular complexity index is 130. The number of halogens is 1. The van der Waals surface area contributed by atoms with Crippen LogP contribution in [0.3, 0.4) is 0 Å². The monoisotopic (exact) mass is 197 g/mol. The lowest BCUT2D eigenvalue weighted by atomic mass is 10.2. The summed E-state index contributed by atoms with van der Waals surface area (Å²) in [5.74, 6) is 0. The van der Waals surface area contributed by atoms with Crippen molar-refractivity contribution in [2.24, 2.45) is 0 Å². The smallest absolute Gasteiger partial charge is 0.0666 e. The molecule has 1 aliphatic heterocycles. The standard InChI is InChI=1S/C7H15NOS.ClH/c1-6(9)10-7-3-2-4-8-5-7;/h7-10H,2-5H2,1H3;1H/t7-;/m1./s1. The predicted octanol–water partition coefficient (Wildman–Crippen LogP) is 1.33. The summed E-state index contributed by atoms with van der Waals surface area (Å²) in [5, 5.41) is 13.5. The first-order valence-electron chi connectivity index (χ1n) is 3.73. The molecule has 0 saturated carbocycles. The van der Waals surface area contributed by atoms with Gasteiger partial charge in [0.2, 0.25) is 0 Å². The Kier molecular flexibility index (Phi) is 6.24. The van der Waals surface area contributed by atoms with E-state index in [1.807, 2.05) is 0 Å². The van der Waals surface area contributed by atoms with Gasteiger partial charge in [0.05, 0.1) is 5.05 Å². The van der Waals surface area contributed by atoms with Crippen LogP contribution in [0.2, 0.25) is 0 Å². The average molecular weight is 198 g/mol. The molecule has 1 rings (SSSR count). The molecule has 1 fully saturated rings. The Balaban J connectivity index is 0.000001000. The molecule has 1 saturated heterocycles. The van der Waals surface area contributed by atoms with Crippen molar-refractivity contribution < 1.29 is 5.11 Å². The predicted molar refractivity (Wildman–Crippen MR) is 55.4 cm³/mol. The van der Waals surface area contributed by atoms with Crippen molar-refractivity contribution in [1.29, 1.82) is 0 Å². The Morgan fingerprint density at radius 2 is 2.36 bits per heavy atom. The highest BCUT2D eigenvalue weighted by atomic mass is 35.5. The molecule has 1 atom stereocenters. The molecule has 1 heterocycles. The molecule has 0 aromatic rings. The van der Waals surface area contributed by atoms with Gasteiger partial charge in [-0.05, 0) is 26.3 Å². The summed E-state index contributed by atoms with van der Waals surface area (Å²) in [7, 11) is 0. The molecule has 11 heavy (non-hydrogen) atoms. The number of aliphatic hydroxyl groups is 1. The molecule has 1 aliphatic rings. The fourth-order valence-corrected chi connectivity index (χ4v) is 2.27. The average Bonchev–Trinajstić information content (AvgIpc) is 1.88. The number of rotatable bonds is 1. The molecule has 0 radical (unpaired) electrons. The minimum Gasteiger partial charge on any atom is -0.360 e. The largest absolute Gasteiger partial charge is 0.360 e. The second kappa shape index (κ2) is 6.00. The summed E-state index contributed by atoms with van der Waals surface area (Å²) in [6, 6.07) is 0. The van der Waals surface area contributed by atoms with Gasteiger partial charge in [-0.25, -0.2) is 0 Å². The van der Waals surface area contributed by atoms with Crippen molar-refractivity contribution in [1.82, 2.24) is 5.32 Å². The minimum atomic E-state index is 0. The van der Waals surface area contributed by atoms with Gasteiger partial charge in [-0.1, -0.05) is 0 Å². The number of hydrogen-bond acceptors (Lipinski definition) is 1. The van der Waals surface area contributed by atoms with E-state index >= 15 is 0 Å². The summed E-state index contributed by atoms with van der Waals surface area (Å²) in [4.78, 5) is 0. The molecule has 2 N–H and O–H groups in total. The number of piperidine rings is 1. The first kappa shape index (κ1) is 11.4. The summed E-state index contributed by atoms with van der Waals surface area (Å²) < 4.78 is 0. The van der Waals surface area contributed by atoms with Crippen LogP contribution in [-0.2, 0) is 0 Å². The third-order valence-electron chi connectivity index (χ3n) is 1.64. The number of nitrogens with one attached hydrogen (secondary N) is 1. The van der Waals surface area contributed by atoms with Crippen LogP contribution in [0.15, 0.2) is 0 Å². The van der Waals surface area contributed by atoms with Crippen LogP contribution in [0.4, 0.5) is 0 Å². The van der Waals surface area contributed by atoms with Crippen LogP contribution >= 0.6 is 23.8 Å². The maximum Gasteiger partial charge on any atom is 0.0666 e. The van der Waals surface area contributed by atoms with E-state index in [9.17, 15) is 0 Å². The Morgan fingerprint density at radius 3 is 2.82 bits per heavy atom. The van der Waals surface area contributed by atoms with Gasteiger partial charge in [-0.15, -0.1) is 12.4 Å². The van der Waals surface area contributed by atoms with Crippen LogP contribution in [0.5, 0.6) is 0 Å². The molecular weight excluding hydrogens is 182 g/mol.